The molecule has 192 valence electrons. The molecule has 0 spiro atoms. The highest BCUT2D eigenvalue weighted by Gasteiger charge is 2.52. The first kappa shape index (κ1) is 26.1. The molecule has 2 fully saturated rings. The minimum absolute atomic E-state index is 0.0500. The monoisotopic (exact) mass is 493 g/mol. The van der Waals surface area contributed by atoms with Gasteiger partial charge in [0, 0.05) is 20.3 Å². The molecule has 4 rings (SSSR count). The van der Waals surface area contributed by atoms with Crippen molar-refractivity contribution in [3.63, 3.8) is 0 Å². The van der Waals surface area contributed by atoms with Crippen molar-refractivity contribution in [2.24, 2.45) is 16.6 Å². The summed E-state index contributed by atoms with van der Waals surface area (Å²) in [6.45, 7) is 10.2. The van der Waals surface area contributed by atoms with Gasteiger partial charge < -0.3 is 19.9 Å². The van der Waals surface area contributed by atoms with Gasteiger partial charge in [0.2, 0.25) is 5.91 Å². The summed E-state index contributed by atoms with van der Waals surface area (Å²) in [7, 11) is 2.90. The van der Waals surface area contributed by atoms with E-state index in [4.69, 9.17) is 15.0 Å². The van der Waals surface area contributed by atoms with Gasteiger partial charge in [-0.2, -0.15) is 10.1 Å². The number of likely N-dealkylation sites (N-methyl/N-ethyl adjacent to an activating group) is 1. The smallest absolute Gasteiger partial charge is 0.399 e. The number of carbonyl (C=O) groups is 2. The molecule has 1 saturated heterocycles. The minimum atomic E-state index is -0.582. The van der Waals surface area contributed by atoms with Gasteiger partial charge >= 0.3 is 7.12 Å². The minimum Gasteiger partial charge on any atom is -0.399 e. The van der Waals surface area contributed by atoms with Crippen LogP contribution in [0.4, 0.5) is 0 Å². The number of hydrogen-bond donors (Lipinski definition) is 1. The molecule has 9 nitrogen and oxygen atoms in total. The summed E-state index contributed by atoms with van der Waals surface area (Å²) in [5.74, 6) is -0.0187. The number of rotatable bonds is 7. The van der Waals surface area contributed by atoms with Crippen molar-refractivity contribution < 1.29 is 18.9 Å². The lowest BCUT2D eigenvalue weighted by atomic mass is 9.73. The Kier molecular flexibility index (Phi) is 6.64. The van der Waals surface area contributed by atoms with E-state index in [0.29, 0.717) is 11.5 Å². The Labute approximate surface area is 213 Å². The van der Waals surface area contributed by atoms with Gasteiger partial charge in [0.1, 0.15) is 12.4 Å². The molecule has 0 radical (unpaired) electrons. The average molecular weight is 493 g/mol. The van der Waals surface area contributed by atoms with Gasteiger partial charge in [0.05, 0.1) is 28.4 Å². The van der Waals surface area contributed by atoms with E-state index in [2.05, 4.69) is 10.1 Å². The zero-order chi connectivity index (χ0) is 26.5. The van der Waals surface area contributed by atoms with E-state index in [1.165, 1.54) is 22.0 Å². The third-order valence-corrected chi connectivity index (χ3v) is 7.86. The first-order valence-electron chi connectivity index (χ1n) is 12.3. The van der Waals surface area contributed by atoms with E-state index < -0.39 is 29.6 Å². The molecule has 1 aliphatic heterocycles. The number of aliphatic imine (C=N–C) groups is 1. The lowest BCUT2D eigenvalue weighted by Gasteiger charge is -2.32. The highest BCUT2D eigenvalue weighted by molar-refractivity contribution is 6.62. The standard InChI is InChI=1S/C26H36BN5O4/c1-24(2)25(3,4)36-27(35-24)20-12-10-19(11-13-20)26(5,18-8-9-18)23(28)30-22(34)17-14-29-32(15-17)16-21(33)31(6)7/h10-15,18H,8-9,16H2,1-7H3,(H2,28,30,34). The van der Waals surface area contributed by atoms with Crippen molar-refractivity contribution >= 4 is 30.2 Å². The molecule has 2 amide bonds. The van der Waals surface area contributed by atoms with Crippen LogP contribution in [0, 0.1) is 5.92 Å². The second-order valence-corrected chi connectivity index (χ2v) is 11.2. The van der Waals surface area contributed by atoms with Crippen molar-refractivity contribution in [3.8, 4) is 0 Å². The van der Waals surface area contributed by atoms with Crippen molar-refractivity contribution in [3.05, 3.63) is 47.8 Å². The van der Waals surface area contributed by atoms with Crippen LogP contribution in [-0.4, -0.2) is 64.7 Å². The molecule has 1 aliphatic carbocycles. The van der Waals surface area contributed by atoms with Gasteiger partial charge in [-0.05, 0) is 64.4 Å². The van der Waals surface area contributed by atoms with Crippen molar-refractivity contribution in [2.75, 3.05) is 14.1 Å². The molecule has 1 aromatic heterocycles. The summed E-state index contributed by atoms with van der Waals surface area (Å²) in [5, 5.41) is 4.12. The van der Waals surface area contributed by atoms with Gasteiger partial charge in [0.25, 0.3) is 5.91 Å². The van der Waals surface area contributed by atoms with Gasteiger partial charge in [-0.1, -0.05) is 24.3 Å². The maximum atomic E-state index is 12.9. The van der Waals surface area contributed by atoms with E-state index in [9.17, 15) is 9.59 Å². The number of benzene rings is 1. The van der Waals surface area contributed by atoms with Crippen LogP contribution in [0.3, 0.4) is 0 Å². The Morgan fingerprint density at radius 2 is 1.75 bits per heavy atom. The molecular weight excluding hydrogens is 457 g/mol. The summed E-state index contributed by atoms with van der Waals surface area (Å²) >= 11 is 0. The molecular formula is C26H36BN5O4. The summed E-state index contributed by atoms with van der Waals surface area (Å²) in [5.41, 5.74) is 7.32. The Morgan fingerprint density at radius 1 is 1.17 bits per heavy atom. The molecule has 36 heavy (non-hydrogen) atoms. The van der Waals surface area contributed by atoms with Gasteiger partial charge in [0.15, 0.2) is 0 Å². The Balaban J connectivity index is 1.54. The van der Waals surface area contributed by atoms with Crippen molar-refractivity contribution in [2.45, 2.75) is 70.6 Å². The van der Waals surface area contributed by atoms with Crippen LogP contribution in [0.1, 0.15) is 63.4 Å². The number of amides is 2. The van der Waals surface area contributed by atoms with Crippen LogP contribution in [0.15, 0.2) is 41.7 Å². The van der Waals surface area contributed by atoms with Gasteiger partial charge in [-0.15, -0.1) is 0 Å². The van der Waals surface area contributed by atoms with Crippen LogP contribution in [0.2, 0.25) is 0 Å². The number of aromatic nitrogens is 2. The second-order valence-electron chi connectivity index (χ2n) is 11.2. The van der Waals surface area contributed by atoms with Crippen molar-refractivity contribution in [1.82, 2.24) is 14.7 Å². The number of nitrogens with zero attached hydrogens (tertiary/aromatic N) is 4. The topological polar surface area (TPSA) is 112 Å². The second kappa shape index (κ2) is 9.16. The quantitative estimate of drug-likeness (QED) is 0.359. The zero-order valence-electron chi connectivity index (χ0n) is 22.2. The Bertz CT molecular complexity index is 1170. The molecule has 2 aliphatic rings. The number of hydrogen-bond acceptors (Lipinski definition) is 5. The molecule has 1 saturated carbocycles. The van der Waals surface area contributed by atoms with Crippen LogP contribution in [0.25, 0.3) is 0 Å². The normalized spacial score (nSPS) is 20.8. The first-order valence-corrected chi connectivity index (χ1v) is 12.3. The van der Waals surface area contributed by atoms with E-state index in [1.807, 2.05) is 58.9 Å². The fourth-order valence-corrected chi connectivity index (χ4v) is 4.35. The maximum Gasteiger partial charge on any atom is 0.494 e. The number of carbonyl (C=O) groups excluding carboxylic acids is 2. The molecule has 1 atom stereocenters. The lowest BCUT2D eigenvalue weighted by molar-refractivity contribution is -0.129. The molecule has 2 aromatic rings. The van der Waals surface area contributed by atoms with Crippen LogP contribution < -0.4 is 11.2 Å². The Morgan fingerprint density at radius 3 is 2.28 bits per heavy atom. The molecule has 0 bridgehead atoms. The first-order chi connectivity index (χ1) is 16.7. The zero-order valence-corrected chi connectivity index (χ0v) is 22.2. The third-order valence-electron chi connectivity index (χ3n) is 7.86. The lowest BCUT2D eigenvalue weighted by Crippen LogP contribution is -2.42. The Hall–Kier alpha value is -2.98. The highest BCUT2D eigenvalue weighted by Crippen LogP contribution is 2.47. The van der Waals surface area contributed by atoms with Crippen LogP contribution in [-0.2, 0) is 26.1 Å². The number of amidine groups is 1. The molecule has 1 aromatic carbocycles. The van der Waals surface area contributed by atoms with Crippen molar-refractivity contribution in [1.29, 1.82) is 0 Å². The SMILES string of the molecule is CN(C)C(=O)Cn1cc(C(=O)N=C(N)C(C)(c2ccc(B3OC(C)(C)C(C)(C)O3)cc2)C2CC2)cn1. The van der Waals surface area contributed by atoms with Gasteiger partial charge in [-0.3, -0.25) is 14.3 Å². The maximum absolute atomic E-state index is 12.9. The fraction of sp³-hybridized carbons (Fsp3) is 0.538. The van der Waals surface area contributed by atoms with E-state index in [0.717, 1.165) is 23.9 Å². The van der Waals surface area contributed by atoms with Gasteiger partial charge in [-0.25, -0.2) is 0 Å². The summed E-state index contributed by atoms with van der Waals surface area (Å²) < 4.78 is 13.8. The third kappa shape index (κ3) is 4.84. The molecule has 2 heterocycles. The fourth-order valence-electron chi connectivity index (χ4n) is 4.35. The summed E-state index contributed by atoms with van der Waals surface area (Å²) in [6, 6.07) is 8.05. The number of nitrogens with two attached hydrogens (primary N) is 1. The molecule has 10 heteroatoms. The molecule has 2 N–H and O–H groups in total. The van der Waals surface area contributed by atoms with Crippen LogP contribution in [0.5, 0.6) is 0 Å². The largest absolute Gasteiger partial charge is 0.494 e. The summed E-state index contributed by atoms with van der Waals surface area (Å²) in [4.78, 5) is 30.6. The predicted octanol–water partition coefficient (Wildman–Crippen LogP) is 2.14. The van der Waals surface area contributed by atoms with Crippen LogP contribution >= 0.6 is 0 Å². The highest BCUT2D eigenvalue weighted by atomic mass is 16.7. The molecule has 1 unspecified atom stereocenters. The summed E-state index contributed by atoms with van der Waals surface area (Å²) in [6.07, 6.45) is 4.97. The van der Waals surface area contributed by atoms with E-state index in [1.54, 1.807) is 14.1 Å². The predicted molar refractivity (Wildman–Crippen MR) is 139 cm³/mol. The van der Waals surface area contributed by atoms with E-state index in [-0.39, 0.29) is 18.3 Å². The average Bonchev–Trinajstić information content (AvgIpc) is 3.51. The van der Waals surface area contributed by atoms with E-state index >= 15 is 0 Å².